The maximum Gasteiger partial charge on any atom is 0.274 e. The number of piperidine rings is 1. The molecule has 0 unspecified atom stereocenters. The van der Waals surface area contributed by atoms with E-state index in [1.54, 1.807) is 23.4 Å². The van der Waals surface area contributed by atoms with E-state index in [1.807, 2.05) is 12.1 Å². The number of aryl methyl sites for hydroxylation is 1. The van der Waals surface area contributed by atoms with Gasteiger partial charge in [-0.2, -0.15) is 5.10 Å². The number of aromatic nitrogens is 6. The summed E-state index contributed by atoms with van der Waals surface area (Å²) in [5, 5.41) is 18.6. The molecule has 0 aliphatic carbocycles. The highest BCUT2D eigenvalue weighted by Crippen LogP contribution is 2.33. The van der Waals surface area contributed by atoms with Crippen molar-refractivity contribution in [1.29, 1.82) is 0 Å². The molecular weight excluding hydrogens is 516 g/mol. The summed E-state index contributed by atoms with van der Waals surface area (Å²) in [5.74, 6) is 1.68. The number of hydrogen-bond donors (Lipinski definition) is 3. The SMILES string of the molecule is CCc1cc(O)ccc1-c1ccc2c(-c3nc4c([nH]3)CN(C(=O)c3cnc(N5CCCCC5)cn3)CC4)n[nH]c2c1. The van der Waals surface area contributed by atoms with Gasteiger partial charge in [-0.15, -0.1) is 0 Å². The van der Waals surface area contributed by atoms with Crippen molar-refractivity contribution in [3.8, 4) is 28.4 Å². The number of aromatic amines is 2. The minimum Gasteiger partial charge on any atom is -0.508 e. The van der Waals surface area contributed by atoms with E-state index >= 15 is 0 Å². The maximum absolute atomic E-state index is 13.3. The summed E-state index contributed by atoms with van der Waals surface area (Å²) in [6.45, 7) is 5.07. The zero-order valence-corrected chi connectivity index (χ0v) is 23.0. The number of carbonyl (C=O) groups excluding carboxylic acids is 1. The normalized spacial score (nSPS) is 15.3. The molecule has 0 atom stereocenters. The first kappa shape index (κ1) is 25.3. The van der Waals surface area contributed by atoms with Crippen LogP contribution in [0.2, 0.25) is 0 Å². The second-order valence-corrected chi connectivity index (χ2v) is 10.8. The van der Waals surface area contributed by atoms with Crippen LogP contribution >= 0.6 is 0 Å². The van der Waals surface area contributed by atoms with E-state index in [0.29, 0.717) is 31.0 Å². The second kappa shape index (κ2) is 10.3. The molecule has 2 aliphatic heterocycles. The van der Waals surface area contributed by atoms with Crippen LogP contribution in [0.15, 0.2) is 48.8 Å². The van der Waals surface area contributed by atoms with Crippen molar-refractivity contribution in [1.82, 2.24) is 35.0 Å². The predicted octanol–water partition coefficient (Wildman–Crippen LogP) is 4.87. The number of benzene rings is 2. The van der Waals surface area contributed by atoms with Crippen LogP contribution < -0.4 is 4.90 Å². The van der Waals surface area contributed by atoms with E-state index in [2.05, 4.69) is 55.2 Å². The standard InChI is InChI=1S/C31H32N8O2/c1-2-19-14-21(40)7-9-22(19)20-6-8-23-25(15-20)36-37-29(23)30-34-24-10-13-39(18-27(24)35-30)31(41)26-16-33-28(17-32-26)38-11-4-3-5-12-38/h6-9,14-17,40H,2-5,10-13,18H2,1H3,(H,34,35)(H,36,37). The van der Waals surface area contributed by atoms with Crippen molar-refractivity contribution in [2.75, 3.05) is 24.5 Å². The lowest BCUT2D eigenvalue weighted by atomic mass is 9.97. The van der Waals surface area contributed by atoms with E-state index in [4.69, 9.17) is 4.98 Å². The highest BCUT2D eigenvalue weighted by molar-refractivity contribution is 5.94. The summed E-state index contributed by atoms with van der Waals surface area (Å²) >= 11 is 0. The van der Waals surface area contributed by atoms with Crippen molar-refractivity contribution in [3.05, 3.63) is 71.4 Å². The first-order chi connectivity index (χ1) is 20.1. The summed E-state index contributed by atoms with van der Waals surface area (Å²) in [7, 11) is 0. The zero-order chi connectivity index (χ0) is 27.9. The van der Waals surface area contributed by atoms with Gasteiger partial charge in [-0.3, -0.25) is 9.89 Å². The van der Waals surface area contributed by atoms with Crippen LogP contribution in [0.3, 0.4) is 0 Å². The summed E-state index contributed by atoms with van der Waals surface area (Å²) < 4.78 is 0. The number of imidazole rings is 1. The van der Waals surface area contributed by atoms with Crippen LogP contribution in [0.5, 0.6) is 5.75 Å². The smallest absolute Gasteiger partial charge is 0.274 e. The van der Waals surface area contributed by atoms with Gasteiger partial charge in [-0.1, -0.05) is 19.1 Å². The number of H-pyrrole nitrogens is 2. The van der Waals surface area contributed by atoms with Crippen LogP contribution in [0.25, 0.3) is 33.5 Å². The number of phenolic OH excluding ortho intramolecular Hbond substituents is 1. The molecule has 5 aromatic rings. The third-order valence-electron chi connectivity index (χ3n) is 8.22. The number of nitrogens with one attached hydrogen (secondary N) is 2. The van der Waals surface area contributed by atoms with E-state index < -0.39 is 0 Å². The number of anilines is 1. The highest BCUT2D eigenvalue weighted by Gasteiger charge is 2.27. The molecule has 10 nitrogen and oxygen atoms in total. The van der Waals surface area contributed by atoms with Crippen LogP contribution in [-0.2, 0) is 19.4 Å². The largest absolute Gasteiger partial charge is 0.508 e. The fraction of sp³-hybridized carbons (Fsp3) is 0.323. The Kier molecular flexibility index (Phi) is 6.37. The van der Waals surface area contributed by atoms with Crippen molar-refractivity contribution in [2.45, 2.75) is 45.6 Å². The Hall–Kier alpha value is -4.73. The maximum atomic E-state index is 13.3. The monoisotopic (exact) mass is 548 g/mol. The second-order valence-electron chi connectivity index (χ2n) is 10.8. The molecule has 0 radical (unpaired) electrons. The molecule has 1 fully saturated rings. The van der Waals surface area contributed by atoms with E-state index in [0.717, 1.165) is 70.0 Å². The zero-order valence-electron chi connectivity index (χ0n) is 23.0. The number of nitrogens with zero attached hydrogens (tertiary/aromatic N) is 6. The number of phenols is 1. The van der Waals surface area contributed by atoms with E-state index in [-0.39, 0.29) is 11.7 Å². The summed E-state index contributed by atoms with van der Waals surface area (Å²) in [6.07, 6.45) is 8.39. The quantitative estimate of drug-likeness (QED) is 0.286. The molecular formula is C31H32N8O2. The molecule has 1 amide bonds. The van der Waals surface area contributed by atoms with Gasteiger partial charge in [0, 0.05) is 31.4 Å². The lowest BCUT2D eigenvalue weighted by molar-refractivity contribution is 0.0725. The Morgan fingerprint density at radius 2 is 1.90 bits per heavy atom. The van der Waals surface area contributed by atoms with Gasteiger partial charge in [-0.25, -0.2) is 15.0 Å². The molecule has 7 rings (SSSR count). The molecule has 0 bridgehead atoms. The molecule has 5 heterocycles. The number of rotatable bonds is 5. The van der Waals surface area contributed by atoms with E-state index in [9.17, 15) is 9.90 Å². The Morgan fingerprint density at radius 3 is 2.71 bits per heavy atom. The summed E-state index contributed by atoms with van der Waals surface area (Å²) in [4.78, 5) is 34.6. The molecule has 208 valence electrons. The predicted molar refractivity (Wildman–Crippen MR) is 157 cm³/mol. The van der Waals surface area contributed by atoms with Crippen molar-refractivity contribution < 1.29 is 9.90 Å². The van der Waals surface area contributed by atoms with Gasteiger partial charge in [0.15, 0.2) is 5.82 Å². The Balaban J connectivity index is 1.10. The minimum atomic E-state index is -0.122. The van der Waals surface area contributed by atoms with Crippen molar-refractivity contribution in [2.24, 2.45) is 0 Å². The number of fused-ring (bicyclic) bond motifs is 2. The van der Waals surface area contributed by atoms with Crippen LogP contribution in [-0.4, -0.2) is 65.7 Å². The first-order valence-electron chi connectivity index (χ1n) is 14.3. The molecule has 0 saturated carbocycles. The fourth-order valence-electron chi connectivity index (χ4n) is 5.98. The molecule has 0 spiro atoms. The molecule has 10 heteroatoms. The number of hydrogen-bond acceptors (Lipinski definition) is 7. The number of aromatic hydroxyl groups is 1. The number of carbonyl (C=O) groups is 1. The Morgan fingerprint density at radius 1 is 1.02 bits per heavy atom. The molecule has 2 aliphatic rings. The van der Waals surface area contributed by atoms with Gasteiger partial charge in [0.25, 0.3) is 5.91 Å². The fourth-order valence-corrected chi connectivity index (χ4v) is 5.98. The third-order valence-corrected chi connectivity index (χ3v) is 8.22. The first-order valence-corrected chi connectivity index (χ1v) is 14.3. The van der Waals surface area contributed by atoms with Crippen LogP contribution in [0.1, 0.15) is 53.6 Å². The van der Waals surface area contributed by atoms with Gasteiger partial charge >= 0.3 is 0 Å². The highest BCUT2D eigenvalue weighted by atomic mass is 16.3. The average Bonchev–Trinajstić information content (AvgIpc) is 3.64. The molecule has 3 N–H and O–H groups in total. The lowest BCUT2D eigenvalue weighted by Gasteiger charge is -2.28. The van der Waals surface area contributed by atoms with Crippen molar-refractivity contribution in [3.63, 3.8) is 0 Å². The Labute approximate surface area is 237 Å². The van der Waals surface area contributed by atoms with Crippen LogP contribution in [0, 0.1) is 0 Å². The van der Waals surface area contributed by atoms with Gasteiger partial charge in [0.05, 0.1) is 35.8 Å². The van der Waals surface area contributed by atoms with Gasteiger partial charge in [0.1, 0.15) is 23.0 Å². The Bertz CT molecular complexity index is 1730. The summed E-state index contributed by atoms with van der Waals surface area (Å²) in [6, 6.07) is 11.7. The van der Waals surface area contributed by atoms with E-state index in [1.165, 1.54) is 19.3 Å². The molecule has 2 aromatic carbocycles. The third kappa shape index (κ3) is 4.69. The van der Waals surface area contributed by atoms with Crippen LogP contribution in [0.4, 0.5) is 5.82 Å². The number of amides is 1. The molecule has 3 aromatic heterocycles. The molecule has 41 heavy (non-hydrogen) atoms. The topological polar surface area (TPSA) is 127 Å². The lowest BCUT2D eigenvalue weighted by Crippen LogP contribution is -2.36. The minimum absolute atomic E-state index is 0.122. The molecule has 1 saturated heterocycles. The van der Waals surface area contributed by atoms with Crippen molar-refractivity contribution >= 4 is 22.6 Å². The van der Waals surface area contributed by atoms with Gasteiger partial charge < -0.3 is 19.9 Å². The summed E-state index contributed by atoms with van der Waals surface area (Å²) in [5.41, 5.74) is 7.14. The average molecular weight is 549 g/mol. The van der Waals surface area contributed by atoms with Gasteiger partial charge in [-0.05, 0) is 66.6 Å². The van der Waals surface area contributed by atoms with Gasteiger partial charge in [0.2, 0.25) is 0 Å².